The molecule has 14 heavy (non-hydrogen) atoms. The van der Waals surface area contributed by atoms with E-state index < -0.39 is 0 Å². The Bertz CT molecular complexity index is 269. The standard InChI is InChI=1S/C13H21N/c1-5-11-7-8-12(10(3)4)9-13(11)14-6-2/h6,8-11H,5,7H2,1-4H3/b14-6-. The van der Waals surface area contributed by atoms with Crippen molar-refractivity contribution in [3.05, 3.63) is 23.4 Å². The Hall–Kier alpha value is -0.850. The highest BCUT2D eigenvalue weighted by molar-refractivity contribution is 5.56. The van der Waals surface area contributed by atoms with Crippen molar-refractivity contribution < 1.29 is 0 Å². The molecule has 0 aromatic carbocycles. The van der Waals surface area contributed by atoms with Gasteiger partial charge in [0.05, 0.1) is 0 Å². The highest BCUT2D eigenvalue weighted by atomic mass is 14.7. The van der Waals surface area contributed by atoms with Gasteiger partial charge in [0.1, 0.15) is 0 Å². The van der Waals surface area contributed by atoms with E-state index in [2.05, 4.69) is 37.9 Å². The second-order valence-corrected chi connectivity index (χ2v) is 4.16. The van der Waals surface area contributed by atoms with Gasteiger partial charge in [-0.05, 0) is 37.3 Å². The molecule has 0 amide bonds. The van der Waals surface area contributed by atoms with Crippen LogP contribution in [0.2, 0.25) is 0 Å². The summed E-state index contributed by atoms with van der Waals surface area (Å²) in [6.07, 6.45) is 8.88. The van der Waals surface area contributed by atoms with Gasteiger partial charge in [0.25, 0.3) is 0 Å². The highest BCUT2D eigenvalue weighted by Crippen LogP contribution is 2.30. The summed E-state index contributed by atoms with van der Waals surface area (Å²) >= 11 is 0. The Morgan fingerprint density at radius 2 is 2.29 bits per heavy atom. The minimum Gasteiger partial charge on any atom is -0.266 e. The number of nitrogens with zero attached hydrogens (tertiary/aromatic N) is 1. The second kappa shape index (κ2) is 5.14. The first kappa shape index (κ1) is 11.2. The van der Waals surface area contributed by atoms with Crippen LogP contribution in [0.1, 0.15) is 40.5 Å². The van der Waals surface area contributed by atoms with E-state index in [0.717, 1.165) is 6.42 Å². The lowest BCUT2D eigenvalue weighted by Gasteiger charge is -2.21. The van der Waals surface area contributed by atoms with Crippen LogP contribution >= 0.6 is 0 Å². The minimum atomic E-state index is 0.620. The second-order valence-electron chi connectivity index (χ2n) is 4.16. The van der Waals surface area contributed by atoms with Crippen molar-refractivity contribution in [2.45, 2.75) is 40.5 Å². The van der Waals surface area contributed by atoms with E-state index in [4.69, 9.17) is 0 Å². The zero-order valence-electron chi connectivity index (χ0n) is 9.75. The van der Waals surface area contributed by atoms with Gasteiger partial charge in [0.15, 0.2) is 0 Å². The van der Waals surface area contributed by atoms with Gasteiger partial charge in [-0.1, -0.05) is 26.8 Å². The molecular weight excluding hydrogens is 170 g/mol. The Balaban J connectivity index is 2.86. The van der Waals surface area contributed by atoms with Gasteiger partial charge in [-0.2, -0.15) is 0 Å². The number of hydrogen-bond donors (Lipinski definition) is 0. The van der Waals surface area contributed by atoms with Crippen LogP contribution < -0.4 is 0 Å². The Morgan fingerprint density at radius 1 is 1.57 bits per heavy atom. The number of aliphatic imine (C=N–C) groups is 1. The number of rotatable bonds is 3. The zero-order chi connectivity index (χ0) is 10.6. The molecule has 0 bridgehead atoms. The molecule has 1 aliphatic rings. The average molecular weight is 191 g/mol. The van der Waals surface area contributed by atoms with E-state index in [9.17, 15) is 0 Å². The van der Waals surface area contributed by atoms with Crippen LogP contribution in [-0.4, -0.2) is 6.21 Å². The van der Waals surface area contributed by atoms with Gasteiger partial charge in [-0.25, -0.2) is 0 Å². The van der Waals surface area contributed by atoms with Crippen LogP contribution in [0, 0.1) is 11.8 Å². The summed E-state index contributed by atoms with van der Waals surface area (Å²) < 4.78 is 0. The third-order valence-corrected chi connectivity index (χ3v) is 2.81. The van der Waals surface area contributed by atoms with Crippen LogP contribution in [0.5, 0.6) is 0 Å². The third kappa shape index (κ3) is 2.57. The molecule has 1 aliphatic carbocycles. The molecule has 0 N–H and O–H groups in total. The highest BCUT2D eigenvalue weighted by Gasteiger charge is 2.16. The van der Waals surface area contributed by atoms with Crippen LogP contribution in [0.3, 0.4) is 0 Å². The van der Waals surface area contributed by atoms with Crippen LogP contribution in [0.15, 0.2) is 28.4 Å². The monoisotopic (exact) mass is 191 g/mol. The third-order valence-electron chi connectivity index (χ3n) is 2.81. The van der Waals surface area contributed by atoms with Gasteiger partial charge < -0.3 is 0 Å². The number of allylic oxidation sites excluding steroid dienone is 4. The van der Waals surface area contributed by atoms with E-state index in [1.165, 1.54) is 17.7 Å². The van der Waals surface area contributed by atoms with Gasteiger partial charge >= 0.3 is 0 Å². The smallest absolute Gasteiger partial charge is 0.0436 e. The van der Waals surface area contributed by atoms with E-state index in [1.807, 2.05) is 13.1 Å². The molecule has 1 rings (SSSR count). The Labute approximate surface area is 87.6 Å². The first-order valence-electron chi connectivity index (χ1n) is 5.59. The van der Waals surface area contributed by atoms with Crippen molar-refractivity contribution in [2.75, 3.05) is 0 Å². The lowest BCUT2D eigenvalue weighted by atomic mass is 9.87. The van der Waals surface area contributed by atoms with Crippen molar-refractivity contribution in [1.82, 2.24) is 0 Å². The van der Waals surface area contributed by atoms with Gasteiger partial charge in [-0.3, -0.25) is 4.99 Å². The van der Waals surface area contributed by atoms with Crippen molar-refractivity contribution >= 4 is 6.21 Å². The molecule has 0 fully saturated rings. The molecule has 0 heterocycles. The van der Waals surface area contributed by atoms with Crippen LogP contribution in [0.4, 0.5) is 0 Å². The molecule has 0 spiro atoms. The first-order chi connectivity index (χ1) is 6.69. The summed E-state index contributed by atoms with van der Waals surface area (Å²) in [4.78, 5) is 4.46. The Morgan fingerprint density at radius 3 is 2.79 bits per heavy atom. The van der Waals surface area contributed by atoms with Gasteiger partial charge in [0.2, 0.25) is 0 Å². The fourth-order valence-corrected chi connectivity index (χ4v) is 1.82. The fraction of sp³-hybridized carbons (Fsp3) is 0.615. The molecular formula is C13H21N. The molecule has 0 radical (unpaired) electrons. The molecule has 78 valence electrons. The summed E-state index contributed by atoms with van der Waals surface area (Å²) in [5, 5.41) is 0. The zero-order valence-corrected chi connectivity index (χ0v) is 9.75. The normalized spacial score (nSPS) is 22.8. The molecule has 1 heteroatoms. The van der Waals surface area contributed by atoms with Crippen LogP contribution in [0.25, 0.3) is 0 Å². The topological polar surface area (TPSA) is 12.4 Å². The average Bonchev–Trinajstić information content (AvgIpc) is 2.18. The van der Waals surface area contributed by atoms with Gasteiger partial charge in [0, 0.05) is 17.8 Å². The summed E-state index contributed by atoms with van der Waals surface area (Å²) in [5.41, 5.74) is 2.71. The minimum absolute atomic E-state index is 0.620. The van der Waals surface area contributed by atoms with E-state index in [1.54, 1.807) is 0 Å². The maximum absolute atomic E-state index is 4.46. The molecule has 1 nitrogen and oxygen atoms in total. The SMILES string of the molecule is C/C=N\C1=CC(C(C)C)=CCC1CC. The van der Waals surface area contributed by atoms with E-state index in [0.29, 0.717) is 11.8 Å². The van der Waals surface area contributed by atoms with E-state index in [-0.39, 0.29) is 0 Å². The van der Waals surface area contributed by atoms with Crippen molar-refractivity contribution in [3.8, 4) is 0 Å². The maximum Gasteiger partial charge on any atom is 0.0436 e. The fourth-order valence-electron chi connectivity index (χ4n) is 1.82. The molecule has 1 unspecified atom stereocenters. The summed E-state index contributed by atoms with van der Waals surface area (Å²) in [6, 6.07) is 0. The molecule has 0 saturated heterocycles. The predicted octanol–water partition coefficient (Wildman–Crippen LogP) is 3.97. The maximum atomic E-state index is 4.46. The lowest BCUT2D eigenvalue weighted by Crippen LogP contribution is -2.07. The van der Waals surface area contributed by atoms with Gasteiger partial charge in [-0.15, -0.1) is 0 Å². The van der Waals surface area contributed by atoms with Crippen molar-refractivity contribution in [2.24, 2.45) is 16.8 Å². The molecule has 0 saturated carbocycles. The molecule has 0 aliphatic heterocycles. The van der Waals surface area contributed by atoms with Crippen molar-refractivity contribution in [3.63, 3.8) is 0 Å². The van der Waals surface area contributed by atoms with E-state index >= 15 is 0 Å². The first-order valence-corrected chi connectivity index (χ1v) is 5.59. The lowest BCUT2D eigenvalue weighted by molar-refractivity contribution is 0.577. The summed E-state index contributed by atoms with van der Waals surface area (Å²) in [6.45, 7) is 8.70. The largest absolute Gasteiger partial charge is 0.266 e. The molecule has 0 aromatic heterocycles. The van der Waals surface area contributed by atoms with Crippen molar-refractivity contribution in [1.29, 1.82) is 0 Å². The Kier molecular flexibility index (Phi) is 4.12. The summed E-state index contributed by atoms with van der Waals surface area (Å²) in [7, 11) is 0. The predicted molar refractivity (Wildman–Crippen MR) is 63.6 cm³/mol. The van der Waals surface area contributed by atoms with Crippen LogP contribution in [-0.2, 0) is 0 Å². The molecule has 0 aromatic rings. The quantitative estimate of drug-likeness (QED) is 0.598. The summed E-state index contributed by atoms with van der Waals surface area (Å²) in [5.74, 6) is 1.25. The molecule has 1 atom stereocenters. The number of hydrogen-bond acceptors (Lipinski definition) is 1.